The smallest absolute Gasteiger partial charge is 0.310 e. The predicted molar refractivity (Wildman–Crippen MR) is 65.1 cm³/mol. The van der Waals surface area contributed by atoms with Crippen molar-refractivity contribution in [1.82, 2.24) is 0 Å². The molecular formula is C13H12O2S. The van der Waals surface area contributed by atoms with Crippen LogP contribution in [0.25, 0.3) is 10.1 Å². The summed E-state index contributed by atoms with van der Waals surface area (Å²) in [6.45, 7) is 0. The number of rotatable bonds is 1. The molecule has 1 aromatic heterocycles. The van der Waals surface area contributed by atoms with Crippen LogP contribution < -0.4 is 0 Å². The minimum absolute atomic E-state index is 0.320. The van der Waals surface area contributed by atoms with Gasteiger partial charge >= 0.3 is 5.97 Å². The van der Waals surface area contributed by atoms with E-state index >= 15 is 0 Å². The largest absolute Gasteiger partial charge is 0.481 e. The summed E-state index contributed by atoms with van der Waals surface area (Å²) in [7, 11) is 0. The Morgan fingerprint density at radius 2 is 2.31 bits per heavy atom. The normalized spacial score (nSPS) is 19.6. The van der Waals surface area contributed by atoms with Crippen molar-refractivity contribution in [3.63, 3.8) is 0 Å². The van der Waals surface area contributed by atoms with Crippen molar-refractivity contribution in [2.75, 3.05) is 0 Å². The summed E-state index contributed by atoms with van der Waals surface area (Å²) in [6.07, 6.45) is 2.74. The summed E-state index contributed by atoms with van der Waals surface area (Å²) in [6, 6.07) is 6.03. The van der Waals surface area contributed by atoms with Crippen LogP contribution in [0.4, 0.5) is 0 Å². The van der Waals surface area contributed by atoms with Gasteiger partial charge in [0, 0.05) is 4.70 Å². The highest BCUT2D eigenvalue weighted by Gasteiger charge is 2.25. The Morgan fingerprint density at radius 3 is 3.12 bits per heavy atom. The summed E-state index contributed by atoms with van der Waals surface area (Å²) in [5.41, 5.74) is 2.35. The van der Waals surface area contributed by atoms with Gasteiger partial charge < -0.3 is 5.11 Å². The number of carboxylic acid groups (broad SMARTS) is 1. The lowest BCUT2D eigenvalue weighted by molar-refractivity contribution is -0.138. The molecule has 1 atom stereocenters. The van der Waals surface area contributed by atoms with Gasteiger partial charge in [-0.15, -0.1) is 11.3 Å². The molecule has 2 aromatic rings. The van der Waals surface area contributed by atoms with E-state index in [9.17, 15) is 9.90 Å². The van der Waals surface area contributed by atoms with Crippen LogP contribution in [0.5, 0.6) is 0 Å². The third-order valence-electron chi connectivity index (χ3n) is 3.32. The maximum Gasteiger partial charge on any atom is 0.310 e. The molecule has 0 fully saturated rings. The van der Waals surface area contributed by atoms with E-state index in [1.807, 2.05) is 12.1 Å². The zero-order valence-electron chi connectivity index (χ0n) is 8.77. The van der Waals surface area contributed by atoms with Gasteiger partial charge in [-0.3, -0.25) is 4.79 Å². The molecule has 1 aliphatic carbocycles. The molecule has 3 heteroatoms. The summed E-state index contributed by atoms with van der Waals surface area (Å²) in [5.74, 6) is -1.01. The summed E-state index contributed by atoms with van der Waals surface area (Å²) in [4.78, 5) is 11.3. The lowest BCUT2D eigenvalue weighted by Gasteiger charge is -2.11. The average molecular weight is 232 g/mol. The van der Waals surface area contributed by atoms with Crippen molar-refractivity contribution in [2.45, 2.75) is 25.2 Å². The van der Waals surface area contributed by atoms with Crippen LogP contribution in [0.1, 0.15) is 29.9 Å². The van der Waals surface area contributed by atoms with Crippen molar-refractivity contribution in [2.24, 2.45) is 0 Å². The second-order valence-electron chi connectivity index (χ2n) is 4.26. The van der Waals surface area contributed by atoms with E-state index in [4.69, 9.17) is 0 Å². The Kier molecular flexibility index (Phi) is 2.21. The fraction of sp³-hybridized carbons (Fsp3) is 0.308. The number of carboxylic acids is 1. The quantitative estimate of drug-likeness (QED) is 0.818. The van der Waals surface area contributed by atoms with Crippen LogP contribution in [-0.4, -0.2) is 11.1 Å². The van der Waals surface area contributed by atoms with Crippen molar-refractivity contribution in [3.8, 4) is 0 Å². The zero-order valence-corrected chi connectivity index (χ0v) is 9.59. The van der Waals surface area contributed by atoms with Crippen LogP contribution in [0.3, 0.4) is 0 Å². The lowest BCUT2D eigenvalue weighted by atomic mass is 9.94. The fourth-order valence-electron chi connectivity index (χ4n) is 2.57. The second kappa shape index (κ2) is 3.59. The highest BCUT2D eigenvalue weighted by atomic mass is 32.1. The molecule has 1 unspecified atom stereocenters. The first-order valence-electron chi connectivity index (χ1n) is 5.49. The Balaban J connectivity index is 2.31. The molecule has 1 heterocycles. The average Bonchev–Trinajstić information content (AvgIpc) is 2.56. The van der Waals surface area contributed by atoms with Gasteiger partial charge in [0.2, 0.25) is 0 Å². The van der Waals surface area contributed by atoms with Crippen LogP contribution in [0.2, 0.25) is 0 Å². The number of aryl methyl sites for hydroxylation is 1. The van der Waals surface area contributed by atoms with Crippen molar-refractivity contribution in [3.05, 3.63) is 34.7 Å². The Labute approximate surface area is 97.5 Å². The van der Waals surface area contributed by atoms with Crippen LogP contribution >= 0.6 is 11.3 Å². The molecule has 0 amide bonds. The third-order valence-corrected chi connectivity index (χ3v) is 4.32. The van der Waals surface area contributed by atoms with E-state index in [0.29, 0.717) is 0 Å². The highest BCUT2D eigenvalue weighted by molar-refractivity contribution is 7.17. The summed E-state index contributed by atoms with van der Waals surface area (Å²) >= 11 is 1.72. The number of benzene rings is 1. The highest BCUT2D eigenvalue weighted by Crippen LogP contribution is 2.38. The van der Waals surface area contributed by atoms with Gasteiger partial charge in [-0.2, -0.15) is 0 Å². The monoisotopic (exact) mass is 232 g/mol. The maximum absolute atomic E-state index is 11.3. The molecule has 1 N–H and O–H groups in total. The van der Waals surface area contributed by atoms with E-state index in [1.54, 1.807) is 11.3 Å². The van der Waals surface area contributed by atoms with Crippen molar-refractivity contribution < 1.29 is 9.90 Å². The molecule has 0 spiro atoms. The first-order chi connectivity index (χ1) is 7.77. The van der Waals surface area contributed by atoms with Gasteiger partial charge in [0.25, 0.3) is 0 Å². The molecule has 2 nitrogen and oxygen atoms in total. The number of aliphatic carboxylic acids is 1. The standard InChI is InChI=1S/C13H12O2S/c14-13(15)10-5-1-3-8-7-16-11-6-2-4-9(10)12(8)11/h2,4,6-7,10H,1,3,5H2,(H,14,15). The SMILES string of the molecule is O=C(O)C1CCCc2csc3cccc1c23. The first kappa shape index (κ1) is 9.85. The van der Waals surface area contributed by atoms with E-state index in [-0.39, 0.29) is 5.92 Å². The van der Waals surface area contributed by atoms with Crippen molar-refractivity contribution in [1.29, 1.82) is 0 Å². The van der Waals surface area contributed by atoms with Gasteiger partial charge in [0.1, 0.15) is 0 Å². The molecular weight excluding hydrogens is 220 g/mol. The van der Waals surface area contributed by atoms with Gasteiger partial charge in [-0.25, -0.2) is 0 Å². The number of hydrogen-bond acceptors (Lipinski definition) is 2. The topological polar surface area (TPSA) is 37.3 Å². The Bertz CT molecular complexity index is 556. The van der Waals surface area contributed by atoms with Crippen molar-refractivity contribution >= 4 is 27.4 Å². The fourth-order valence-corrected chi connectivity index (χ4v) is 3.60. The minimum Gasteiger partial charge on any atom is -0.481 e. The molecule has 16 heavy (non-hydrogen) atoms. The van der Waals surface area contributed by atoms with Crippen LogP contribution in [0, 0.1) is 0 Å². The molecule has 1 aromatic carbocycles. The molecule has 0 bridgehead atoms. The van der Waals surface area contributed by atoms with Gasteiger partial charge in [-0.05, 0) is 47.2 Å². The third kappa shape index (κ3) is 1.35. The molecule has 3 rings (SSSR count). The number of hydrogen-bond donors (Lipinski definition) is 1. The van der Waals surface area contributed by atoms with Crippen LogP contribution in [-0.2, 0) is 11.2 Å². The van der Waals surface area contributed by atoms with Crippen LogP contribution in [0.15, 0.2) is 23.6 Å². The number of thiophene rings is 1. The molecule has 0 radical (unpaired) electrons. The maximum atomic E-state index is 11.3. The summed E-state index contributed by atoms with van der Waals surface area (Å²) in [5, 5.41) is 12.7. The Morgan fingerprint density at radius 1 is 1.44 bits per heavy atom. The van der Waals surface area contributed by atoms with E-state index in [0.717, 1.165) is 24.8 Å². The number of carbonyl (C=O) groups is 1. The molecule has 0 aliphatic heterocycles. The predicted octanol–water partition coefficient (Wildman–Crippen LogP) is 3.41. The zero-order chi connectivity index (χ0) is 11.1. The molecule has 1 aliphatic rings. The molecule has 0 saturated heterocycles. The first-order valence-corrected chi connectivity index (χ1v) is 6.37. The van der Waals surface area contributed by atoms with Gasteiger partial charge in [0.05, 0.1) is 5.92 Å². The minimum atomic E-state index is -0.688. The Hall–Kier alpha value is -1.35. The lowest BCUT2D eigenvalue weighted by Crippen LogP contribution is -2.10. The van der Waals surface area contributed by atoms with E-state index in [2.05, 4.69) is 11.4 Å². The van der Waals surface area contributed by atoms with E-state index < -0.39 is 5.97 Å². The van der Waals surface area contributed by atoms with E-state index in [1.165, 1.54) is 15.6 Å². The molecule has 0 saturated carbocycles. The second-order valence-corrected chi connectivity index (χ2v) is 5.18. The molecule has 82 valence electrons. The summed E-state index contributed by atoms with van der Waals surface area (Å²) < 4.78 is 1.22. The van der Waals surface area contributed by atoms with Gasteiger partial charge in [-0.1, -0.05) is 12.1 Å². The van der Waals surface area contributed by atoms with Gasteiger partial charge in [0.15, 0.2) is 0 Å².